The lowest BCUT2D eigenvalue weighted by molar-refractivity contribution is -0.137. The smallest absolute Gasteiger partial charge is 0.416 e. The Morgan fingerprint density at radius 1 is 1.16 bits per heavy atom. The number of phenolic OH excluding ortho intramolecular Hbond substituents is 1. The van der Waals surface area contributed by atoms with Crippen molar-refractivity contribution in [2.24, 2.45) is 0 Å². The molecule has 3 unspecified atom stereocenters. The number of aromatic hydroxyl groups is 1. The molecule has 0 spiro atoms. The standard InChI is InChI=1S/C22H22F3NO5/c1-13-20(18(28)12-30-13)26-21(29)19(10-14-4-8-17(27)9-5-14)31-11-15-2-6-16(7-3-15)22(23,24)25/h2-9,13,19-20,27H,10-12H2,1H3,(H,26,29). The SMILES string of the molecule is CC1OCC(=O)C1NC(=O)C(Cc1ccc(O)cc1)OCc1ccc(C(F)(F)F)cc1. The lowest BCUT2D eigenvalue weighted by atomic mass is 10.1. The van der Waals surface area contributed by atoms with Gasteiger partial charge in [0.1, 0.15) is 24.5 Å². The first-order valence-corrected chi connectivity index (χ1v) is 9.64. The highest BCUT2D eigenvalue weighted by molar-refractivity contribution is 5.93. The number of carbonyl (C=O) groups excluding carboxylic acids is 2. The van der Waals surface area contributed by atoms with E-state index in [1.807, 2.05) is 0 Å². The number of halogens is 3. The average Bonchev–Trinajstić information content (AvgIpc) is 3.04. The minimum Gasteiger partial charge on any atom is -0.508 e. The van der Waals surface area contributed by atoms with E-state index in [0.29, 0.717) is 11.1 Å². The fraction of sp³-hybridized carbons (Fsp3) is 0.364. The summed E-state index contributed by atoms with van der Waals surface area (Å²) in [6.07, 6.45) is -5.77. The normalized spacial score (nSPS) is 19.9. The summed E-state index contributed by atoms with van der Waals surface area (Å²) < 4.78 is 49.1. The summed E-state index contributed by atoms with van der Waals surface area (Å²) in [5, 5.41) is 12.1. The van der Waals surface area contributed by atoms with Crippen molar-refractivity contribution in [2.45, 2.75) is 44.4 Å². The molecule has 6 nitrogen and oxygen atoms in total. The van der Waals surface area contributed by atoms with Crippen LogP contribution in [0.1, 0.15) is 23.6 Å². The summed E-state index contributed by atoms with van der Waals surface area (Å²) in [5.74, 6) is -0.708. The zero-order chi connectivity index (χ0) is 22.6. The molecule has 0 aliphatic carbocycles. The fourth-order valence-electron chi connectivity index (χ4n) is 3.17. The second-order valence-corrected chi connectivity index (χ2v) is 7.33. The Bertz CT molecular complexity index is 912. The predicted molar refractivity (Wildman–Crippen MR) is 104 cm³/mol. The van der Waals surface area contributed by atoms with E-state index in [0.717, 1.165) is 12.1 Å². The van der Waals surface area contributed by atoms with Crippen molar-refractivity contribution in [3.05, 3.63) is 65.2 Å². The molecule has 1 amide bonds. The maximum absolute atomic E-state index is 12.8. The molecule has 0 aromatic heterocycles. The van der Waals surface area contributed by atoms with Crippen LogP contribution in [0.5, 0.6) is 5.75 Å². The van der Waals surface area contributed by atoms with Crippen molar-refractivity contribution < 1.29 is 37.3 Å². The van der Waals surface area contributed by atoms with Gasteiger partial charge in [-0.25, -0.2) is 0 Å². The molecule has 31 heavy (non-hydrogen) atoms. The summed E-state index contributed by atoms with van der Waals surface area (Å²) in [7, 11) is 0. The van der Waals surface area contributed by atoms with Crippen molar-refractivity contribution in [2.75, 3.05) is 6.61 Å². The first-order chi connectivity index (χ1) is 14.6. The van der Waals surface area contributed by atoms with Crippen LogP contribution in [0.2, 0.25) is 0 Å². The van der Waals surface area contributed by atoms with Crippen LogP contribution in [-0.2, 0) is 38.3 Å². The van der Waals surface area contributed by atoms with Gasteiger partial charge in [-0.1, -0.05) is 24.3 Å². The maximum Gasteiger partial charge on any atom is 0.416 e. The Morgan fingerprint density at radius 2 is 1.77 bits per heavy atom. The van der Waals surface area contributed by atoms with Gasteiger partial charge in [-0.15, -0.1) is 0 Å². The molecule has 2 N–H and O–H groups in total. The first kappa shape index (κ1) is 22.8. The summed E-state index contributed by atoms with van der Waals surface area (Å²) in [6.45, 7) is 1.49. The minimum absolute atomic E-state index is 0.0675. The van der Waals surface area contributed by atoms with Gasteiger partial charge < -0.3 is 19.9 Å². The number of hydrogen-bond acceptors (Lipinski definition) is 5. The second-order valence-electron chi connectivity index (χ2n) is 7.33. The van der Waals surface area contributed by atoms with Crippen molar-refractivity contribution in [3.63, 3.8) is 0 Å². The van der Waals surface area contributed by atoms with Crippen LogP contribution in [0, 0.1) is 0 Å². The quantitative estimate of drug-likeness (QED) is 0.696. The van der Waals surface area contributed by atoms with Crippen molar-refractivity contribution in [1.29, 1.82) is 0 Å². The van der Waals surface area contributed by atoms with E-state index in [-0.39, 0.29) is 31.2 Å². The van der Waals surface area contributed by atoms with Crippen molar-refractivity contribution in [1.82, 2.24) is 5.32 Å². The highest BCUT2D eigenvalue weighted by Crippen LogP contribution is 2.29. The largest absolute Gasteiger partial charge is 0.508 e. The number of alkyl halides is 3. The van der Waals surface area contributed by atoms with Crippen LogP contribution in [0.15, 0.2) is 48.5 Å². The van der Waals surface area contributed by atoms with Crippen LogP contribution in [0.3, 0.4) is 0 Å². The van der Waals surface area contributed by atoms with Gasteiger partial charge in [0.15, 0.2) is 5.78 Å². The number of Topliss-reactive ketones (excluding diaryl/α,β-unsaturated/α-hetero) is 1. The average molecular weight is 437 g/mol. The Kier molecular flexibility index (Phi) is 6.97. The summed E-state index contributed by atoms with van der Waals surface area (Å²) in [4.78, 5) is 24.8. The maximum atomic E-state index is 12.8. The summed E-state index contributed by atoms with van der Waals surface area (Å²) >= 11 is 0. The molecule has 1 saturated heterocycles. The highest BCUT2D eigenvalue weighted by atomic mass is 19.4. The molecule has 1 fully saturated rings. The van der Waals surface area contributed by atoms with Gasteiger partial charge in [0.2, 0.25) is 5.91 Å². The number of nitrogens with one attached hydrogen (secondary N) is 1. The fourth-order valence-corrected chi connectivity index (χ4v) is 3.17. The molecule has 9 heteroatoms. The van der Waals surface area contributed by atoms with E-state index in [2.05, 4.69) is 5.32 Å². The number of benzene rings is 2. The number of carbonyl (C=O) groups is 2. The molecular weight excluding hydrogens is 415 g/mol. The number of ether oxygens (including phenoxy) is 2. The summed E-state index contributed by atoms with van der Waals surface area (Å²) in [5.41, 5.74) is 0.390. The molecule has 1 aliphatic heterocycles. The van der Waals surface area contributed by atoms with Crippen LogP contribution in [0.25, 0.3) is 0 Å². The second kappa shape index (κ2) is 9.49. The number of amides is 1. The molecule has 0 radical (unpaired) electrons. The Hall–Kier alpha value is -2.91. The molecule has 3 rings (SSSR count). The van der Waals surface area contributed by atoms with Gasteiger partial charge in [0.25, 0.3) is 0 Å². The lowest BCUT2D eigenvalue weighted by Crippen LogP contribution is -2.49. The Balaban J connectivity index is 1.71. The van der Waals surface area contributed by atoms with Crippen molar-refractivity contribution in [3.8, 4) is 5.75 Å². The molecule has 0 saturated carbocycles. The molecule has 1 heterocycles. The minimum atomic E-state index is -4.44. The summed E-state index contributed by atoms with van der Waals surface area (Å²) in [6, 6.07) is 9.88. The third kappa shape index (κ3) is 6.05. The zero-order valence-electron chi connectivity index (χ0n) is 16.7. The predicted octanol–water partition coefficient (Wildman–Crippen LogP) is 3.01. The topological polar surface area (TPSA) is 84.9 Å². The van der Waals surface area contributed by atoms with E-state index in [4.69, 9.17) is 9.47 Å². The molecular formula is C22H22F3NO5. The van der Waals surface area contributed by atoms with E-state index in [1.54, 1.807) is 19.1 Å². The first-order valence-electron chi connectivity index (χ1n) is 9.64. The van der Waals surface area contributed by atoms with Gasteiger partial charge in [-0.3, -0.25) is 9.59 Å². The van der Waals surface area contributed by atoms with Gasteiger partial charge in [0.05, 0.1) is 18.3 Å². The monoisotopic (exact) mass is 437 g/mol. The van der Waals surface area contributed by atoms with E-state index in [1.165, 1.54) is 24.3 Å². The molecule has 0 bridgehead atoms. The van der Waals surface area contributed by atoms with E-state index >= 15 is 0 Å². The van der Waals surface area contributed by atoms with E-state index < -0.39 is 35.9 Å². The number of phenols is 1. The van der Waals surface area contributed by atoms with Gasteiger partial charge in [-0.05, 0) is 42.3 Å². The third-order valence-corrected chi connectivity index (χ3v) is 4.98. The Labute approximate surface area is 177 Å². The van der Waals surface area contributed by atoms with Gasteiger partial charge in [-0.2, -0.15) is 13.2 Å². The van der Waals surface area contributed by atoms with Gasteiger partial charge >= 0.3 is 6.18 Å². The third-order valence-electron chi connectivity index (χ3n) is 4.98. The number of rotatable bonds is 7. The van der Waals surface area contributed by atoms with Crippen LogP contribution < -0.4 is 5.32 Å². The van der Waals surface area contributed by atoms with E-state index in [9.17, 15) is 27.9 Å². The lowest BCUT2D eigenvalue weighted by Gasteiger charge is -2.21. The molecule has 2 aromatic carbocycles. The number of hydrogen-bond donors (Lipinski definition) is 2. The zero-order valence-corrected chi connectivity index (χ0v) is 16.7. The van der Waals surface area contributed by atoms with Crippen LogP contribution in [0.4, 0.5) is 13.2 Å². The molecule has 2 aromatic rings. The van der Waals surface area contributed by atoms with Gasteiger partial charge in [0, 0.05) is 6.42 Å². The Morgan fingerprint density at radius 3 is 2.32 bits per heavy atom. The molecule has 3 atom stereocenters. The number of ketones is 1. The van der Waals surface area contributed by atoms with Crippen LogP contribution in [-0.4, -0.2) is 41.7 Å². The molecule has 166 valence electrons. The highest BCUT2D eigenvalue weighted by Gasteiger charge is 2.35. The van der Waals surface area contributed by atoms with Crippen molar-refractivity contribution >= 4 is 11.7 Å². The van der Waals surface area contributed by atoms with Crippen LogP contribution >= 0.6 is 0 Å². The molecule has 1 aliphatic rings.